The molecule has 42 heavy (non-hydrogen) atoms. The van der Waals surface area contributed by atoms with E-state index in [0.29, 0.717) is 37.7 Å². The third-order valence-corrected chi connectivity index (χ3v) is 8.64. The molecule has 0 amide bonds. The average molecular weight is 816 g/mol. The zero-order valence-electron chi connectivity index (χ0n) is 23.7. The van der Waals surface area contributed by atoms with Gasteiger partial charge in [0.1, 0.15) is 17.5 Å². The van der Waals surface area contributed by atoms with Crippen LogP contribution in [0.15, 0.2) is 57.5 Å². The maximum Gasteiger partial charge on any atom is 0.344 e. The lowest BCUT2D eigenvalue weighted by Gasteiger charge is -2.26. The number of benzene rings is 2. The Hall–Kier alpha value is -2.72. The molecule has 1 aromatic heterocycles. The van der Waals surface area contributed by atoms with Gasteiger partial charge in [-0.1, -0.05) is 29.5 Å². The molecule has 0 fully saturated rings. The predicted octanol–water partition coefficient (Wildman–Crippen LogP) is 4.74. The number of para-hydroxylation sites is 1. The third kappa shape index (κ3) is 7.08. The van der Waals surface area contributed by atoms with Gasteiger partial charge in [0.05, 0.1) is 42.3 Å². The van der Waals surface area contributed by atoms with Crippen LogP contribution < -0.4 is 24.4 Å². The number of hydrogen-bond acceptors (Lipinski definition) is 9. The molecule has 2 aromatic carbocycles. The third-order valence-electron chi connectivity index (χ3n) is 6.05. The Morgan fingerprint density at radius 1 is 1.10 bits per heavy atom. The van der Waals surface area contributed by atoms with Gasteiger partial charge >= 0.3 is 11.9 Å². The summed E-state index contributed by atoms with van der Waals surface area (Å²) in [5, 5.41) is 0. The first-order valence-electron chi connectivity index (χ1n) is 13.3. The zero-order valence-corrected chi connectivity index (χ0v) is 28.9. The van der Waals surface area contributed by atoms with Crippen molar-refractivity contribution in [1.29, 1.82) is 0 Å². The van der Waals surface area contributed by atoms with Crippen LogP contribution in [0, 0.1) is 7.14 Å². The molecule has 0 radical (unpaired) electrons. The van der Waals surface area contributed by atoms with Crippen LogP contribution >= 0.6 is 56.5 Å². The van der Waals surface area contributed by atoms with E-state index in [4.69, 9.17) is 18.9 Å². The number of hydrogen-bond donors (Lipinski definition) is 0. The Kier molecular flexibility index (Phi) is 10.9. The van der Waals surface area contributed by atoms with Crippen LogP contribution in [0.3, 0.4) is 0 Å². The standard InChI is InChI=1S/C30H30I2N2O7S/c1-6-38-24(35)15-40-27-20(31)12-18(13-21(27)32)14-23-28(36)34-26(19-10-8-9-11-22(19)41-16(3)4)25(29(37)39-7-2)17(5)33-30(34)42-23/h8-14,16,26H,6-7,15H2,1-5H3/b23-14+/t26-/m0/s1. The first-order chi connectivity index (χ1) is 20.0. The molecule has 0 saturated carbocycles. The van der Waals surface area contributed by atoms with Crippen LogP contribution in [0.1, 0.15) is 51.8 Å². The number of nitrogens with zero attached hydrogens (tertiary/aromatic N) is 2. The van der Waals surface area contributed by atoms with Gasteiger partial charge in [0.2, 0.25) is 0 Å². The van der Waals surface area contributed by atoms with Gasteiger partial charge in [0, 0.05) is 5.56 Å². The van der Waals surface area contributed by atoms with Crippen LogP contribution in [0.2, 0.25) is 0 Å². The number of thiazole rings is 1. The van der Waals surface area contributed by atoms with Crippen molar-refractivity contribution in [2.75, 3.05) is 19.8 Å². The van der Waals surface area contributed by atoms with E-state index in [9.17, 15) is 14.4 Å². The van der Waals surface area contributed by atoms with Crippen molar-refractivity contribution in [3.05, 3.63) is 85.6 Å². The highest BCUT2D eigenvalue weighted by Gasteiger charge is 2.35. The summed E-state index contributed by atoms with van der Waals surface area (Å²) in [7, 11) is 0. The lowest BCUT2D eigenvalue weighted by Crippen LogP contribution is -2.40. The summed E-state index contributed by atoms with van der Waals surface area (Å²) >= 11 is 5.52. The minimum Gasteiger partial charge on any atom is -0.491 e. The smallest absolute Gasteiger partial charge is 0.344 e. The quantitative estimate of drug-likeness (QED) is 0.215. The minimum atomic E-state index is -0.781. The number of esters is 2. The van der Waals surface area contributed by atoms with E-state index < -0.39 is 18.0 Å². The lowest BCUT2D eigenvalue weighted by molar-refractivity contribution is -0.145. The molecule has 0 N–H and O–H groups in total. The molecule has 0 spiro atoms. The van der Waals surface area contributed by atoms with Gasteiger partial charge in [-0.05, 0) is 110 Å². The largest absolute Gasteiger partial charge is 0.491 e. The highest BCUT2D eigenvalue weighted by atomic mass is 127. The van der Waals surface area contributed by atoms with E-state index in [-0.39, 0.29) is 31.5 Å². The molecule has 0 unspecified atom stereocenters. The van der Waals surface area contributed by atoms with Crippen LogP contribution in [-0.4, -0.2) is 42.4 Å². The van der Waals surface area contributed by atoms with Gasteiger partial charge in [-0.25, -0.2) is 14.6 Å². The van der Waals surface area contributed by atoms with Gasteiger partial charge in [-0.3, -0.25) is 9.36 Å². The molecule has 0 aliphatic carbocycles. The molecular formula is C30H30I2N2O7S. The number of aromatic nitrogens is 1. The highest BCUT2D eigenvalue weighted by molar-refractivity contribution is 14.1. The lowest BCUT2D eigenvalue weighted by atomic mass is 9.95. The highest BCUT2D eigenvalue weighted by Crippen LogP contribution is 2.36. The fourth-order valence-corrected chi connectivity index (χ4v) is 7.61. The molecule has 0 bridgehead atoms. The number of carbonyl (C=O) groups is 2. The van der Waals surface area contributed by atoms with Gasteiger partial charge in [-0.15, -0.1) is 0 Å². The maximum atomic E-state index is 14.0. The Morgan fingerprint density at radius 2 is 1.76 bits per heavy atom. The van der Waals surface area contributed by atoms with Crippen LogP contribution in [0.4, 0.5) is 0 Å². The van der Waals surface area contributed by atoms with Crippen molar-refractivity contribution in [1.82, 2.24) is 4.57 Å². The molecule has 0 saturated heterocycles. The molecular weight excluding hydrogens is 786 g/mol. The Morgan fingerprint density at radius 3 is 2.40 bits per heavy atom. The van der Waals surface area contributed by atoms with E-state index in [0.717, 1.165) is 12.7 Å². The first-order valence-corrected chi connectivity index (χ1v) is 16.3. The van der Waals surface area contributed by atoms with Crippen molar-refractivity contribution in [3.8, 4) is 11.5 Å². The second-order valence-electron chi connectivity index (χ2n) is 9.41. The summed E-state index contributed by atoms with van der Waals surface area (Å²) in [6, 6.07) is 10.4. The van der Waals surface area contributed by atoms with Crippen LogP contribution in [-0.2, 0) is 19.1 Å². The SMILES string of the molecule is CCOC(=O)COc1c(I)cc(/C=c2/sc3n(c2=O)[C@@H](c2ccccc2OC(C)C)C(C(=O)OCC)=C(C)N=3)cc1I. The van der Waals surface area contributed by atoms with E-state index in [1.165, 1.54) is 11.3 Å². The van der Waals surface area contributed by atoms with Crippen LogP contribution in [0.25, 0.3) is 6.08 Å². The molecule has 1 aliphatic rings. The van der Waals surface area contributed by atoms with Gasteiger partial charge in [0.15, 0.2) is 11.4 Å². The summed E-state index contributed by atoms with van der Waals surface area (Å²) in [4.78, 5) is 44.2. The molecule has 9 nitrogen and oxygen atoms in total. The Bertz CT molecular complexity index is 1700. The number of allylic oxidation sites excluding steroid dienone is 1. The fraction of sp³-hybridized carbons (Fsp3) is 0.333. The Labute approximate surface area is 274 Å². The normalized spacial score (nSPS) is 14.9. The summed E-state index contributed by atoms with van der Waals surface area (Å²) < 4.78 is 25.7. The topological polar surface area (TPSA) is 105 Å². The van der Waals surface area contributed by atoms with E-state index in [2.05, 4.69) is 50.2 Å². The second kappa shape index (κ2) is 14.2. The molecule has 3 aromatic rings. The van der Waals surface area contributed by atoms with Crippen LogP contribution in [0.5, 0.6) is 11.5 Å². The van der Waals surface area contributed by atoms with Crippen molar-refractivity contribution >= 4 is 74.5 Å². The maximum absolute atomic E-state index is 14.0. The van der Waals surface area contributed by atoms with Crippen molar-refractivity contribution in [2.45, 2.75) is 46.8 Å². The monoisotopic (exact) mass is 816 g/mol. The number of rotatable bonds is 10. The molecule has 222 valence electrons. The molecule has 1 aliphatic heterocycles. The second-order valence-corrected chi connectivity index (χ2v) is 12.7. The van der Waals surface area contributed by atoms with Gasteiger partial charge in [-0.2, -0.15) is 0 Å². The van der Waals surface area contributed by atoms with Crippen molar-refractivity contribution in [3.63, 3.8) is 0 Å². The Balaban J connectivity index is 1.84. The van der Waals surface area contributed by atoms with Gasteiger partial charge < -0.3 is 18.9 Å². The average Bonchev–Trinajstić information content (AvgIpc) is 3.21. The van der Waals surface area contributed by atoms with Crippen molar-refractivity contribution in [2.24, 2.45) is 4.99 Å². The van der Waals surface area contributed by atoms with Crippen molar-refractivity contribution < 1.29 is 28.5 Å². The van der Waals surface area contributed by atoms with Gasteiger partial charge in [0.25, 0.3) is 5.56 Å². The van der Waals surface area contributed by atoms with E-state index in [1.807, 2.05) is 50.2 Å². The van der Waals surface area contributed by atoms with E-state index in [1.54, 1.807) is 31.4 Å². The molecule has 1 atom stereocenters. The molecule has 4 rings (SSSR count). The number of fused-ring (bicyclic) bond motifs is 1. The number of carbonyl (C=O) groups excluding carboxylic acids is 2. The summed E-state index contributed by atoms with van der Waals surface area (Å²) in [6.07, 6.45) is 1.67. The minimum absolute atomic E-state index is 0.118. The predicted molar refractivity (Wildman–Crippen MR) is 177 cm³/mol. The summed E-state index contributed by atoms with van der Waals surface area (Å²) in [5.41, 5.74) is 1.94. The molecule has 12 heteroatoms. The number of ether oxygens (including phenoxy) is 4. The first kappa shape index (κ1) is 32.2. The zero-order chi connectivity index (χ0) is 30.6. The summed E-state index contributed by atoms with van der Waals surface area (Å²) in [6.45, 7) is 9.35. The van der Waals surface area contributed by atoms with E-state index >= 15 is 0 Å². The molecule has 2 heterocycles. The number of halogens is 2. The summed E-state index contributed by atoms with van der Waals surface area (Å²) in [5.74, 6) is 0.173. The fourth-order valence-electron chi connectivity index (χ4n) is 4.44.